The molecule has 0 spiro atoms. The van der Waals surface area contributed by atoms with Gasteiger partial charge in [-0.15, -0.1) is 0 Å². The summed E-state index contributed by atoms with van der Waals surface area (Å²) in [5, 5.41) is 17.4. The Kier molecular flexibility index (Phi) is 2.06. The summed E-state index contributed by atoms with van der Waals surface area (Å²) in [5.74, 6) is -0.940. The van der Waals surface area contributed by atoms with Crippen LogP contribution in [0.3, 0.4) is 0 Å². The molecule has 0 aliphatic heterocycles. The van der Waals surface area contributed by atoms with E-state index in [2.05, 4.69) is 0 Å². The number of carboxylic acid groups (broad SMARTS) is 1. The predicted molar refractivity (Wildman–Crippen MR) is 35.5 cm³/mol. The standard InChI is InChI=1S/C7H10O3/c8-6-3-1-2-5(6)4-7(9)10/h1,3,5-6,8H,2,4H2,(H,9,10). The van der Waals surface area contributed by atoms with Crippen LogP contribution in [0.1, 0.15) is 12.8 Å². The van der Waals surface area contributed by atoms with Gasteiger partial charge in [-0.2, -0.15) is 0 Å². The first-order valence-electron chi connectivity index (χ1n) is 3.26. The van der Waals surface area contributed by atoms with Gasteiger partial charge in [0.1, 0.15) is 0 Å². The van der Waals surface area contributed by atoms with Crippen molar-refractivity contribution in [3.8, 4) is 0 Å². The van der Waals surface area contributed by atoms with Gasteiger partial charge in [0, 0.05) is 5.92 Å². The van der Waals surface area contributed by atoms with Crippen LogP contribution in [-0.2, 0) is 4.79 Å². The third-order valence-corrected chi connectivity index (χ3v) is 1.69. The summed E-state index contributed by atoms with van der Waals surface area (Å²) in [7, 11) is 0. The zero-order valence-corrected chi connectivity index (χ0v) is 5.53. The average Bonchev–Trinajstić information content (AvgIpc) is 2.15. The minimum absolute atomic E-state index is 0.0637. The summed E-state index contributed by atoms with van der Waals surface area (Å²) in [6.45, 7) is 0. The molecule has 0 saturated carbocycles. The molecule has 0 radical (unpaired) electrons. The van der Waals surface area contributed by atoms with Gasteiger partial charge >= 0.3 is 5.97 Å². The third kappa shape index (κ3) is 1.57. The van der Waals surface area contributed by atoms with Crippen molar-refractivity contribution in [1.29, 1.82) is 0 Å². The van der Waals surface area contributed by atoms with Crippen LogP contribution in [0.4, 0.5) is 0 Å². The Balaban J connectivity index is 2.37. The van der Waals surface area contributed by atoms with E-state index in [9.17, 15) is 4.79 Å². The summed E-state index contributed by atoms with van der Waals surface area (Å²) in [5.41, 5.74) is 0. The molecule has 3 nitrogen and oxygen atoms in total. The number of carbonyl (C=O) groups is 1. The molecule has 2 N–H and O–H groups in total. The molecule has 1 rings (SSSR count). The van der Waals surface area contributed by atoms with E-state index >= 15 is 0 Å². The molecule has 3 heteroatoms. The molecular formula is C7H10O3. The molecule has 2 atom stereocenters. The molecule has 0 aromatic rings. The van der Waals surface area contributed by atoms with E-state index in [1.165, 1.54) is 0 Å². The van der Waals surface area contributed by atoms with Gasteiger partial charge in [0.2, 0.25) is 0 Å². The number of aliphatic hydroxyl groups excluding tert-OH is 1. The number of aliphatic carboxylic acids is 1. The first kappa shape index (κ1) is 7.28. The summed E-state index contributed by atoms with van der Waals surface area (Å²) < 4.78 is 0. The Morgan fingerprint density at radius 2 is 2.40 bits per heavy atom. The zero-order valence-electron chi connectivity index (χ0n) is 5.53. The smallest absolute Gasteiger partial charge is 0.303 e. The highest BCUT2D eigenvalue weighted by Gasteiger charge is 2.22. The number of rotatable bonds is 2. The van der Waals surface area contributed by atoms with Crippen LogP contribution in [0.15, 0.2) is 12.2 Å². The topological polar surface area (TPSA) is 57.5 Å². The van der Waals surface area contributed by atoms with E-state index in [4.69, 9.17) is 10.2 Å². The van der Waals surface area contributed by atoms with Crippen LogP contribution in [0.2, 0.25) is 0 Å². The second-order valence-electron chi connectivity index (χ2n) is 2.51. The molecule has 0 heterocycles. The van der Waals surface area contributed by atoms with Crippen molar-refractivity contribution < 1.29 is 15.0 Å². The Morgan fingerprint density at radius 1 is 1.70 bits per heavy atom. The Morgan fingerprint density at radius 3 is 2.80 bits per heavy atom. The minimum atomic E-state index is -0.840. The number of hydrogen-bond acceptors (Lipinski definition) is 2. The minimum Gasteiger partial charge on any atom is -0.481 e. The Labute approximate surface area is 59.0 Å². The van der Waals surface area contributed by atoms with Crippen molar-refractivity contribution >= 4 is 5.97 Å². The number of carboxylic acids is 1. The third-order valence-electron chi connectivity index (χ3n) is 1.69. The number of hydrogen-bond donors (Lipinski definition) is 2. The van der Waals surface area contributed by atoms with Gasteiger partial charge in [-0.25, -0.2) is 0 Å². The molecule has 10 heavy (non-hydrogen) atoms. The molecule has 0 aromatic heterocycles. The molecule has 0 amide bonds. The second-order valence-corrected chi connectivity index (χ2v) is 2.51. The lowest BCUT2D eigenvalue weighted by Crippen LogP contribution is -2.16. The SMILES string of the molecule is O=C(O)CC1CC=CC1O. The molecule has 56 valence electrons. The fourth-order valence-corrected chi connectivity index (χ4v) is 1.12. The normalized spacial score (nSPS) is 30.9. The van der Waals surface area contributed by atoms with Crippen LogP contribution in [0.25, 0.3) is 0 Å². The first-order valence-corrected chi connectivity index (χ1v) is 3.26. The lowest BCUT2D eigenvalue weighted by Gasteiger charge is -2.09. The molecule has 0 fully saturated rings. The van der Waals surface area contributed by atoms with Gasteiger partial charge in [0.25, 0.3) is 0 Å². The quantitative estimate of drug-likeness (QED) is 0.548. The van der Waals surface area contributed by atoms with E-state index < -0.39 is 12.1 Å². The van der Waals surface area contributed by atoms with Crippen molar-refractivity contribution in [3.05, 3.63) is 12.2 Å². The maximum atomic E-state index is 10.2. The summed E-state index contributed by atoms with van der Waals surface area (Å²) >= 11 is 0. The van der Waals surface area contributed by atoms with Crippen LogP contribution in [0, 0.1) is 5.92 Å². The number of allylic oxidation sites excluding steroid dienone is 1. The average molecular weight is 142 g/mol. The van der Waals surface area contributed by atoms with E-state index in [1.807, 2.05) is 6.08 Å². The van der Waals surface area contributed by atoms with Gasteiger partial charge in [-0.05, 0) is 6.42 Å². The van der Waals surface area contributed by atoms with Gasteiger partial charge in [0.15, 0.2) is 0 Å². The van der Waals surface area contributed by atoms with Gasteiger partial charge < -0.3 is 10.2 Å². The molecule has 2 unspecified atom stereocenters. The van der Waals surface area contributed by atoms with Crippen molar-refractivity contribution in [3.63, 3.8) is 0 Å². The van der Waals surface area contributed by atoms with E-state index in [-0.39, 0.29) is 12.3 Å². The lowest BCUT2D eigenvalue weighted by molar-refractivity contribution is -0.138. The Hall–Kier alpha value is -0.830. The first-order chi connectivity index (χ1) is 4.70. The summed E-state index contributed by atoms with van der Waals surface area (Å²) in [6.07, 6.45) is 3.67. The van der Waals surface area contributed by atoms with Crippen LogP contribution in [0.5, 0.6) is 0 Å². The fraction of sp³-hybridized carbons (Fsp3) is 0.571. The van der Waals surface area contributed by atoms with Crippen molar-refractivity contribution in [2.45, 2.75) is 18.9 Å². The van der Waals surface area contributed by atoms with Crippen LogP contribution in [-0.4, -0.2) is 22.3 Å². The highest BCUT2D eigenvalue weighted by atomic mass is 16.4. The monoisotopic (exact) mass is 142 g/mol. The van der Waals surface area contributed by atoms with Gasteiger partial charge in [0.05, 0.1) is 12.5 Å². The summed E-state index contributed by atoms with van der Waals surface area (Å²) in [6, 6.07) is 0. The van der Waals surface area contributed by atoms with Crippen LogP contribution < -0.4 is 0 Å². The summed E-state index contributed by atoms with van der Waals surface area (Å²) in [4.78, 5) is 10.2. The maximum Gasteiger partial charge on any atom is 0.303 e. The van der Waals surface area contributed by atoms with Gasteiger partial charge in [-0.1, -0.05) is 12.2 Å². The molecule has 1 aliphatic rings. The Bertz CT molecular complexity index is 162. The predicted octanol–water partition coefficient (Wildman–Crippen LogP) is 0.398. The molecule has 1 aliphatic carbocycles. The second kappa shape index (κ2) is 2.84. The van der Waals surface area contributed by atoms with Crippen molar-refractivity contribution in [2.24, 2.45) is 5.92 Å². The van der Waals surface area contributed by atoms with Crippen LogP contribution >= 0.6 is 0 Å². The van der Waals surface area contributed by atoms with Gasteiger partial charge in [-0.3, -0.25) is 4.79 Å². The lowest BCUT2D eigenvalue weighted by atomic mass is 10.0. The van der Waals surface area contributed by atoms with Crippen molar-refractivity contribution in [1.82, 2.24) is 0 Å². The molecule has 0 bridgehead atoms. The number of aliphatic hydroxyl groups is 1. The highest BCUT2D eigenvalue weighted by molar-refractivity contribution is 5.67. The zero-order chi connectivity index (χ0) is 7.56. The van der Waals surface area contributed by atoms with E-state index in [0.717, 1.165) is 0 Å². The molecule has 0 saturated heterocycles. The van der Waals surface area contributed by atoms with Crippen molar-refractivity contribution in [2.75, 3.05) is 0 Å². The highest BCUT2D eigenvalue weighted by Crippen LogP contribution is 2.21. The van der Waals surface area contributed by atoms with E-state index in [1.54, 1.807) is 6.08 Å². The largest absolute Gasteiger partial charge is 0.481 e. The van der Waals surface area contributed by atoms with E-state index in [0.29, 0.717) is 6.42 Å². The maximum absolute atomic E-state index is 10.2. The molecular weight excluding hydrogens is 132 g/mol. The fourth-order valence-electron chi connectivity index (χ4n) is 1.12. The molecule has 0 aromatic carbocycles.